The van der Waals surface area contributed by atoms with Crippen LogP contribution in [0.1, 0.15) is 59.8 Å². The monoisotopic (exact) mass is 269 g/mol. The second-order valence-corrected chi connectivity index (χ2v) is 8.20. The Bertz CT molecular complexity index is 268. The molecular weight excluding hydrogens is 238 g/mol. The van der Waals surface area contributed by atoms with Crippen molar-refractivity contribution in [2.75, 3.05) is 18.6 Å². The third-order valence-corrected chi connectivity index (χ3v) is 5.14. The molecule has 0 radical (unpaired) electrons. The van der Waals surface area contributed by atoms with Gasteiger partial charge < -0.3 is 0 Å². The van der Waals surface area contributed by atoms with E-state index in [2.05, 4.69) is 45.2 Å². The van der Waals surface area contributed by atoms with E-state index in [1.165, 1.54) is 32.1 Å². The molecule has 0 aliphatic heterocycles. The van der Waals surface area contributed by atoms with Gasteiger partial charge in [0.15, 0.2) is 0 Å². The quantitative estimate of drug-likeness (QED) is 0.485. The normalized spacial score (nSPS) is 26.6. The average Bonchev–Trinajstić information content (AvgIpc) is 2.28. The zero-order valence-electron chi connectivity index (χ0n) is 13.0. The Kier molecular flexibility index (Phi) is 6.23. The molecule has 0 amide bonds. The van der Waals surface area contributed by atoms with Crippen molar-refractivity contribution < 1.29 is 0 Å². The van der Waals surface area contributed by atoms with Crippen LogP contribution in [0, 0.1) is 16.7 Å². The van der Waals surface area contributed by atoms with Gasteiger partial charge in [0, 0.05) is 12.3 Å². The highest BCUT2D eigenvalue weighted by molar-refractivity contribution is 7.98. The Balaban J connectivity index is 2.36. The number of hydrogen-bond donors (Lipinski definition) is 0. The van der Waals surface area contributed by atoms with Crippen molar-refractivity contribution in [3.63, 3.8) is 0 Å². The summed E-state index contributed by atoms with van der Waals surface area (Å²) in [5.41, 5.74) is 1.08. The van der Waals surface area contributed by atoms with Crippen molar-refractivity contribution in [2.24, 2.45) is 21.7 Å². The number of rotatable bonds is 6. The molecule has 0 aromatic rings. The lowest BCUT2D eigenvalue weighted by Crippen LogP contribution is -2.35. The molecule has 106 valence electrons. The van der Waals surface area contributed by atoms with Crippen LogP contribution in [0.2, 0.25) is 0 Å². The summed E-state index contributed by atoms with van der Waals surface area (Å²) < 4.78 is 0. The molecule has 2 heteroatoms. The molecule has 0 saturated heterocycles. The van der Waals surface area contributed by atoms with Gasteiger partial charge in [0.25, 0.3) is 0 Å². The van der Waals surface area contributed by atoms with E-state index in [0.717, 1.165) is 18.2 Å². The van der Waals surface area contributed by atoms with Crippen LogP contribution in [-0.2, 0) is 0 Å². The average molecular weight is 269 g/mol. The minimum Gasteiger partial charge on any atom is -0.297 e. The fourth-order valence-electron chi connectivity index (χ4n) is 3.01. The van der Waals surface area contributed by atoms with Gasteiger partial charge >= 0.3 is 0 Å². The van der Waals surface area contributed by atoms with Crippen LogP contribution in [0.3, 0.4) is 0 Å². The molecule has 1 unspecified atom stereocenters. The molecule has 0 aromatic heterocycles. The summed E-state index contributed by atoms with van der Waals surface area (Å²) in [6.45, 7) is 10.8. The Morgan fingerprint density at radius 1 is 1.22 bits per heavy atom. The van der Waals surface area contributed by atoms with E-state index in [4.69, 9.17) is 0 Å². The van der Waals surface area contributed by atoms with Crippen LogP contribution in [-0.4, -0.2) is 24.8 Å². The predicted molar refractivity (Wildman–Crippen MR) is 85.9 cm³/mol. The number of nitrogens with zero attached hydrogens (tertiary/aromatic N) is 1. The van der Waals surface area contributed by atoms with E-state index >= 15 is 0 Å². The largest absolute Gasteiger partial charge is 0.297 e. The highest BCUT2D eigenvalue weighted by atomic mass is 32.2. The standard InChI is InChI=1S/C16H31NS/c1-15(2)8-9-16(3,4)14(13-15)7-6-10-17-11-12-18-5/h10,14H,6-9,11-13H2,1-5H3/b17-10+. The van der Waals surface area contributed by atoms with Gasteiger partial charge in [-0.25, -0.2) is 0 Å². The van der Waals surface area contributed by atoms with Crippen LogP contribution >= 0.6 is 11.8 Å². The molecule has 1 aliphatic rings. The first kappa shape index (κ1) is 16.1. The van der Waals surface area contributed by atoms with Crippen LogP contribution in [0.15, 0.2) is 4.99 Å². The first-order chi connectivity index (χ1) is 8.37. The molecule has 1 nitrogen and oxygen atoms in total. The first-order valence-corrected chi connectivity index (χ1v) is 8.74. The molecule has 1 aliphatic carbocycles. The maximum Gasteiger partial charge on any atom is 0.0475 e. The van der Waals surface area contributed by atoms with E-state index in [9.17, 15) is 0 Å². The van der Waals surface area contributed by atoms with Gasteiger partial charge in [0.1, 0.15) is 0 Å². The SMILES string of the molecule is CSCC/N=C/CCC1CC(C)(C)CCC1(C)C. The predicted octanol–water partition coefficient (Wildman–Crippen LogP) is 5.05. The van der Waals surface area contributed by atoms with Gasteiger partial charge in [-0.3, -0.25) is 4.99 Å². The Morgan fingerprint density at radius 2 is 1.94 bits per heavy atom. The molecule has 0 spiro atoms. The molecule has 1 rings (SSSR count). The molecule has 0 bridgehead atoms. The van der Waals surface area contributed by atoms with E-state index in [0.29, 0.717) is 10.8 Å². The van der Waals surface area contributed by atoms with E-state index in [-0.39, 0.29) is 0 Å². The summed E-state index contributed by atoms with van der Waals surface area (Å²) in [5.74, 6) is 2.02. The molecule has 1 saturated carbocycles. The fourth-order valence-corrected chi connectivity index (χ4v) is 3.29. The van der Waals surface area contributed by atoms with Crippen molar-refractivity contribution in [3.8, 4) is 0 Å². The summed E-state index contributed by atoms with van der Waals surface area (Å²) in [5, 5.41) is 0. The van der Waals surface area contributed by atoms with Crippen LogP contribution < -0.4 is 0 Å². The third kappa shape index (κ3) is 5.34. The topological polar surface area (TPSA) is 12.4 Å². The number of aliphatic imine (C=N–C) groups is 1. The molecule has 0 aromatic carbocycles. The molecule has 1 fully saturated rings. The summed E-state index contributed by atoms with van der Waals surface area (Å²) in [7, 11) is 0. The lowest BCUT2D eigenvalue weighted by Gasteiger charge is -2.46. The highest BCUT2D eigenvalue weighted by Crippen LogP contribution is 2.49. The lowest BCUT2D eigenvalue weighted by atomic mass is 9.59. The number of hydrogen-bond acceptors (Lipinski definition) is 2. The van der Waals surface area contributed by atoms with Crippen molar-refractivity contribution in [1.29, 1.82) is 0 Å². The second kappa shape index (κ2) is 6.98. The summed E-state index contributed by atoms with van der Waals surface area (Å²) in [6, 6.07) is 0. The lowest BCUT2D eigenvalue weighted by molar-refractivity contribution is 0.0508. The summed E-state index contributed by atoms with van der Waals surface area (Å²) in [4.78, 5) is 4.48. The molecule has 1 atom stereocenters. The van der Waals surface area contributed by atoms with Gasteiger partial charge in [-0.1, -0.05) is 27.7 Å². The summed E-state index contributed by atoms with van der Waals surface area (Å²) >= 11 is 1.87. The minimum atomic E-state index is 0.530. The van der Waals surface area contributed by atoms with Gasteiger partial charge in [-0.2, -0.15) is 11.8 Å². The Hall–Kier alpha value is 0.0200. The van der Waals surface area contributed by atoms with Crippen LogP contribution in [0.5, 0.6) is 0 Å². The molecule has 0 heterocycles. The zero-order chi connectivity index (χ0) is 13.6. The smallest absolute Gasteiger partial charge is 0.0475 e. The zero-order valence-corrected chi connectivity index (χ0v) is 13.8. The Morgan fingerprint density at radius 3 is 2.61 bits per heavy atom. The molecule has 18 heavy (non-hydrogen) atoms. The second-order valence-electron chi connectivity index (χ2n) is 7.21. The van der Waals surface area contributed by atoms with Gasteiger partial charge in [-0.05, 0) is 61.3 Å². The van der Waals surface area contributed by atoms with Crippen molar-refractivity contribution in [1.82, 2.24) is 0 Å². The van der Waals surface area contributed by atoms with Crippen LogP contribution in [0.25, 0.3) is 0 Å². The van der Waals surface area contributed by atoms with Crippen molar-refractivity contribution >= 4 is 18.0 Å². The maximum absolute atomic E-state index is 4.48. The van der Waals surface area contributed by atoms with Gasteiger partial charge in [0.05, 0.1) is 0 Å². The van der Waals surface area contributed by atoms with Gasteiger partial charge in [0.2, 0.25) is 0 Å². The van der Waals surface area contributed by atoms with Crippen molar-refractivity contribution in [3.05, 3.63) is 0 Å². The fraction of sp³-hybridized carbons (Fsp3) is 0.938. The summed E-state index contributed by atoms with van der Waals surface area (Å²) in [6.07, 6.45) is 10.9. The molecular formula is C16H31NS. The Labute approximate surface area is 118 Å². The van der Waals surface area contributed by atoms with E-state index in [1.807, 2.05) is 11.8 Å². The van der Waals surface area contributed by atoms with Gasteiger partial charge in [-0.15, -0.1) is 0 Å². The highest BCUT2D eigenvalue weighted by Gasteiger charge is 2.39. The first-order valence-electron chi connectivity index (χ1n) is 7.35. The third-order valence-electron chi connectivity index (χ3n) is 4.55. The minimum absolute atomic E-state index is 0.530. The van der Waals surface area contributed by atoms with E-state index in [1.54, 1.807) is 0 Å². The molecule has 0 N–H and O–H groups in total. The van der Waals surface area contributed by atoms with Crippen LogP contribution in [0.4, 0.5) is 0 Å². The van der Waals surface area contributed by atoms with E-state index < -0.39 is 0 Å². The number of thioether (sulfide) groups is 1. The van der Waals surface area contributed by atoms with Crippen molar-refractivity contribution in [2.45, 2.75) is 59.8 Å². The maximum atomic E-state index is 4.48.